The van der Waals surface area contributed by atoms with Crippen molar-refractivity contribution in [3.63, 3.8) is 0 Å². The summed E-state index contributed by atoms with van der Waals surface area (Å²) in [4.78, 5) is 2.78. The van der Waals surface area contributed by atoms with E-state index in [9.17, 15) is 0 Å². The summed E-state index contributed by atoms with van der Waals surface area (Å²) < 4.78 is 0. The molecule has 1 heterocycles. The van der Waals surface area contributed by atoms with Gasteiger partial charge in [-0.2, -0.15) is 0 Å². The summed E-state index contributed by atoms with van der Waals surface area (Å²) in [6.07, 6.45) is 11.3. The predicted octanol–water partition coefficient (Wildman–Crippen LogP) is 3.42. The fourth-order valence-electron chi connectivity index (χ4n) is 3.89. The van der Waals surface area contributed by atoms with Crippen LogP contribution >= 0.6 is 0 Å². The first-order chi connectivity index (χ1) is 8.78. The molecule has 1 aliphatic carbocycles. The molecule has 2 fully saturated rings. The molecule has 2 heteroatoms. The average Bonchev–Trinajstić information content (AvgIpc) is 2.83. The number of rotatable bonds is 4. The van der Waals surface area contributed by atoms with E-state index in [0.29, 0.717) is 5.41 Å². The second kappa shape index (κ2) is 6.91. The summed E-state index contributed by atoms with van der Waals surface area (Å²) in [5, 5.41) is 3.68. The van der Waals surface area contributed by atoms with Gasteiger partial charge in [0.05, 0.1) is 0 Å². The van der Waals surface area contributed by atoms with Crippen molar-refractivity contribution in [2.45, 2.75) is 71.3 Å². The Morgan fingerprint density at radius 1 is 1.11 bits per heavy atom. The molecule has 0 aromatic carbocycles. The SMILES string of the molecule is CCC1CCN(CC2(CC)CCCC2)CCCN1. The van der Waals surface area contributed by atoms with E-state index in [-0.39, 0.29) is 0 Å². The van der Waals surface area contributed by atoms with Gasteiger partial charge in [0.25, 0.3) is 0 Å². The van der Waals surface area contributed by atoms with Crippen LogP contribution in [-0.2, 0) is 0 Å². The van der Waals surface area contributed by atoms with Gasteiger partial charge in [-0.1, -0.05) is 26.7 Å². The Labute approximate surface area is 114 Å². The van der Waals surface area contributed by atoms with Gasteiger partial charge in [-0.05, 0) is 63.6 Å². The Hall–Kier alpha value is -0.0800. The summed E-state index contributed by atoms with van der Waals surface area (Å²) in [5.74, 6) is 0. The third kappa shape index (κ3) is 3.71. The summed E-state index contributed by atoms with van der Waals surface area (Å²) >= 11 is 0. The van der Waals surface area contributed by atoms with E-state index >= 15 is 0 Å². The first-order valence-electron chi connectivity index (χ1n) is 8.24. The summed E-state index contributed by atoms with van der Waals surface area (Å²) in [6.45, 7) is 9.94. The highest BCUT2D eigenvalue weighted by Gasteiger charge is 2.33. The Balaban J connectivity index is 1.86. The summed E-state index contributed by atoms with van der Waals surface area (Å²) in [6, 6.07) is 0.758. The van der Waals surface area contributed by atoms with Crippen LogP contribution in [0.1, 0.15) is 65.2 Å². The fraction of sp³-hybridized carbons (Fsp3) is 1.00. The monoisotopic (exact) mass is 252 g/mol. The molecule has 0 bridgehead atoms. The summed E-state index contributed by atoms with van der Waals surface area (Å²) in [7, 11) is 0. The highest BCUT2D eigenvalue weighted by Crippen LogP contribution is 2.41. The zero-order chi connectivity index (χ0) is 12.8. The van der Waals surface area contributed by atoms with Crippen LogP contribution in [0.25, 0.3) is 0 Å². The second-order valence-electron chi connectivity index (χ2n) is 6.54. The van der Waals surface area contributed by atoms with E-state index < -0.39 is 0 Å². The van der Waals surface area contributed by atoms with Gasteiger partial charge in [0.2, 0.25) is 0 Å². The van der Waals surface area contributed by atoms with Gasteiger partial charge >= 0.3 is 0 Å². The fourth-order valence-corrected chi connectivity index (χ4v) is 3.89. The molecule has 1 atom stereocenters. The number of hydrogen-bond acceptors (Lipinski definition) is 2. The van der Waals surface area contributed by atoms with Crippen molar-refractivity contribution in [1.82, 2.24) is 10.2 Å². The zero-order valence-corrected chi connectivity index (χ0v) is 12.5. The van der Waals surface area contributed by atoms with Crippen LogP contribution in [0.3, 0.4) is 0 Å². The highest BCUT2D eigenvalue weighted by molar-refractivity contribution is 4.87. The molecule has 1 unspecified atom stereocenters. The van der Waals surface area contributed by atoms with Gasteiger partial charge in [-0.15, -0.1) is 0 Å². The molecule has 0 spiro atoms. The lowest BCUT2D eigenvalue weighted by Gasteiger charge is -2.37. The van der Waals surface area contributed by atoms with Crippen LogP contribution in [0, 0.1) is 5.41 Å². The minimum absolute atomic E-state index is 0.675. The van der Waals surface area contributed by atoms with Crippen molar-refractivity contribution in [3.05, 3.63) is 0 Å². The van der Waals surface area contributed by atoms with Crippen molar-refractivity contribution < 1.29 is 0 Å². The van der Waals surface area contributed by atoms with Gasteiger partial charge in [0, 0.05) is 12.6 Å². The molecule has 1 saturated carbocycles. The van der Waals surface area contributed by atoms with Gasteiger partial charge < -0.3 is 10.2 Å². The van der Waals surface area contributed by atoms with Crippen molar-refractivity contribution in [3.8, 4) is 0 Å². The van der Waals surface area contributed by atoms with Gasteiger partial charge in [0.15, 0.2) is 0 Å². The Morgan fingerprint density at radius 2 is 1.89 bits per heavy atom. The van der Waals surface area contributed by atoms with Crippen molar-refractivity contribution in [1.29, 1.82) is 0 Å². The van der Waals surface area contributed by atoms with Crippen molar-refractivity contribution in [2.24, 2.45) is 5.41 Å². The molecule has 0 aromatic heterocycles. The smallest absolute Gasteiger partial charge is 0.00766 e. The van der Waals surface area contributed by atoms with Crippen LogP contribution in [0.15, 0.2) is 0 Å². The molecule has 2 aliphatic rings. The highest BCUT2D eigenvalue weighted by atomic mass is 15.1. The Bertz CT molecular complexity index is 233. The van der Waals surface area contributed by atoms with Gasteiger partial charge in [-0.25, -0.2) is 0 Å². The third-order valence-electron chi connectivity index (χ3n) is 5.34. The van der Waals surface area contributed by atoms with Crippen LogP contribution in [0.2, 0.25) is 0 Å². The molecule has 0 amide bonds. The topological polar surface area (TPSA) is 15.3 Å². The van der Waals surface area contributed by atoms with Gasteiger partial charge in [-0.3, -0.25) is 0 Å². The Kier molecular flexibility index (Phi) is 5.50. The van der Waals surface area contributed by atoms with Crippen molar-refractivity contribution in [2.75, 3.05) is 26.2 Å². The van der Waals surface area contributed by atoms with E-state index in [1.165, 1.54) is 77.5 Å². The molecular weight excluding hydrogens is 220 g/mol. The maximum absolute atomic E-state index is 3.68. The molecule has 1 aliphatic heterocycles. The van der Waals surface area contributed by atoms with E-state index in [2.05, 4.69) is 24.1 Å². The van der Waals surface area contributed by atoms with Crippen LogP contribution in [-0.4, -0.2) is 37.1 Å². The van der Waals surface area contributed by atoms with E-state index in [4.69, 9.17) is 0 Å². The average molecular weight is 252 g/mol. The van der Waals surface area contributed by atoms with Crippen LogP contribution in [0.5, 0.6) is 0 Å². The maximum atomic E-state index is 3.68. The largest absolute Gasteiger partial charge is 0.314 e. The van der Waals surface area contributed by atoms with Crippen LogP contribution in [0.4, 0.5) is 0 Å². The second-order valence-corrected chi connectivity index (χ2v) is 6.54. The number of nitrogens with zero attached hydrogens (tertiary/aromatic N) is 1. The van der Waals surface area contributed by atoms with Crippen LogP contribution < -0.4 is 5.32 Å². The normalized spacial score (nSPS) is 30.0. The standard InChI is InChI=1S/C16H32N2/c1-3-15-8-13-18(12-7-11-17-15)14-16(4-2)9-5-6-10-16/h15,17H,3-14H2,1-2H3. The van der Waals surface area contributed by atoms with E-state index in [1.54, 1.807) is 0 Å². The van der Waals surface area contributed by atoms with Crippen molar-refractivity contribution >= 4 is 0 Å². The molecule has 18 heavy (non-hydrogen) atoms. The molecule has 0 aromatic rings. The Morgan fingerprint density at radius 3 is 2.56 bits per heavy atom. The molecule has 2 rings (SSSR count). The van der Waals surface area contributed by atoms with E-state index in [1.807, 2.05) is 0 Å². The first-order valence-corrected chi connectivity index (χ1v) is 8.24. The maximum Gasteiger partial charge on any atom is 0.00766 e. The predicted molar refractivity (Wildman–Crippen MR) is 78.9 cm³/mol. The summed E-state index contributed by atoms with van der Waals surface area (Å²) in [5.41, 5.74) is 0.675. The lowest BCUT2D eigenvalue weighted by atomic mass is 9.82. The number of hydrogen-bond donors (Lipinski definition) is 1. The first kappa shape index (κ1) is 14.3. The minimum Gasteiger partial charge on any atom is -0.314 e. The molecular formula is C16H32N2. The van der Waals surface area contributed by atoms with Gasteiger partial charge in [0.1, 0.15) is 0 Å². The lowest BCUT2D eigenvalue weighted by molar-refractivity contribution is 0.133. The molecule has 1 N–H and O–H groups in total. The number of nitrogens with one attached hydrogen (secondary N) is 1. The molecule has 2 nitrogen and oxygen atoms in total. The third-order valence-corrected chi connectivity index (χ3v) is 5.34. The lowest BCUT2D eigenvalue weighted by Crippen LogP contribution is -2.43. The molecule has 0 radical (unpaired) electrons. The molecule has 1 saturated heterocycles. The molecule has 106 valence electrons. The van der Waals surface area contributed by atoms with E-state index in [0.717, 1.165) is 6.04 Å². The minimum atomic E-state index is 0.675. The quantitative estimate of drug-likeness (QED) is 0.825. The zero-order valence-electron chi connectivity index (χ0n) is 12.5.